The van der Waals surface area contributed by atoms with Crippen molar-refractivity contribution >= 4 is 68.7 Å². The van der Waals surface area contributed by atoms with Gasteiger partial charge in [-0.05, 0) is 38.1 Å². The van der Waals surface area contributed by atoms with Crippen LogP contribution < -0.4 is 0 Å². The second-order valence-corrected chi connectivity index (χ2v) is 13.1. The summed E-state index contributed by atoms with van der Waals surface area (Å²) in [6.45, 7) is 12.0. The summed E-state index contributed by atoms with van der Waals surface area (Å²) in [7, 11) is 0. The van der Waals surface area contributed by atoms with Crippen LogP contribution in [0.4, 0.5) is 5.69 Å². The Morgan fingerprint density at radius 2 is 1.21 bits per heavy atom. The monoisotopic (exact) mass is 590 g/mol. The van der Waals surface area contributed by atoms with Crippen LogP contribution in [-0.4, -0.2) is 19.6 Å². The van der Waals surface area contributed by atoms with E-state index in [9.17, 15) is 5.26 Å². The van der Waals surface area contributed by atoms with Gasteiger partial charge < -0.3 is 0 Å². The number of nitrogens with zero attached hydrogens (tertiary/aromatic N) is 6. The van der Waals surface area contributed by atoms with Crippen LogP contribution in [0.5, 0.6) is 0 Å². The number of nitriles is 1. The van der Waals surface area contributed by atoms with Gasteiger partial charge in [-0.15, -0.1) is 22.7 Å². The number of aromatic nitrogens is 4. The average Bonchev–Trinajstić information content (AvgIpc) is 3.82. The number of hydrogen-bond acceptors (Lipinski definition) is 5. The minimum absolute atomic E-state index is 0.438. The highest BCUT2D eigenvalue weighted by molar-refractivity contribution is 7.26. The van der Waals surface area contributed by atoms with E-state index in [1.807, 2.05) is 42.8 Å². The Hall–Kier alpha value is -5.28. The molecule has 8 rings (SSSR count). The van der Waals surface area contributed by atoms with Gasteiger partial charge in [-0.25, -0.2) is 9.53 Å². The Kier molecular flexibility index (Phi) is 5.54. The SMILES string of the molecule is [C-]#[N+]c1cn(-c2cccc3c2sc2ccccc23)nc1C(C)(C)c1nn(-c2cccc3c2sc2ccccc23)cc1C#N. The zero-order chi connectivity index (χ0) is 29.3. The predicted octanol–water partition coefficient (Wildman–Crippen LogP) is 9.54. The molecule has 0 N–H and O–H groups in total. The first-order valence-corrected chi connectivity index (χ1v) is 15.4. The first-order valence-electron chi connectivity index (χ1n) is 13.8. The second-order valence-electron chi connectivity index (χ2n) is 11.0. The normalized spacial score (nSPS) is 11.9. The van der Waals surface area contributed by atoms with Crippen LogP contribution in [0.25, 0.3) is 56.6 Å². The van der Waals surface area contributed by atoms with Gasteiger partial charge in [0.15, 0.2) is 0 Å². The third-order valence-corrected chi connectivity index (χ3v) is 10.5. The fourth-order valence-corrected chi connectivity index (χ4v) is 8.41. The average molecular weight is 591 g/mol. The highest BCUT2D eigenvalue weighted by atomic mass is 32.1. The van der Waals surface area contributed by atoms with Crippen LogP contribution in [0, 0.1) is 17.9 Å². The quantitative estimate of drug-likeness (QED) is 0.192. The van der Waals surface area contributed by atoms with Crippen molar-refractivity contribution in [2.24, 2.45) is 0 Å². The summed E-state index contributed by atoms with van der Waals surface area (Å²) in [6, 6.07) is 31.5. The maximum Gasteiger partial charge on any atom is 0.228 e. The summed E-state index contributed by atoms with van der Waals surface area (Å²) in [4.78, 5) is 3.87. The lowest BCUT2D eigenvalue weighted by Gasteiger charge is -2.21. The van der Waals surface area contributed by atoms with Crippen molar-refractivity contribution in [1.29, 1.82) is 5.26 Å². The van der Waals surface area contributed by atoms with E-state index in [0.717, 1.165) is 26.2 Å². The maximum absolute atomic E-state index is 10.2. The molecule has 8 heteroatoms. The van der Waals surface area contributed by atoms with Gasteiger partial charge in [-0.1, -0.05) is 60.7 Å². The summed E-state index contributed by atoms with van der Waals surface area (Å²) in [5.41, 5.74) is 3.10. The molecule has 0 aliphatic heterocycles. The standard InChI is InChI=1S/C35H22N6S2/c1-35(2,33-21(18-36)19-40(38-33)27-14-8-12-24-22-10-4-6-16-29(22)42-31(24)27)34-26(37-3)20-41(39-34)28-15-9-13-25-23-11-5-7-17-30(23)43-32(25)28/h4-17,19-20H,1-2H3. The molecule has 0 saturated carbocycles. The third kappa shape index (κ3) is 3.74. The van der Waals surface area contributed by atoms with Crippen molar-refractivity contribution in [3.63, 3.8) is 0 Å². The van der Waals surface area contributed by atoms with Crippen LogP contribution in [0.15, 0.2) is 97.3 Å². The van der Waals surface area contributed by atoms with Crippen molar-refractivity contribution < 1.29 is 0 Å². The Morgan fingerprint density at radius 1 is 0.698 bits per heavy atom. The molecule has 204 valence electrons. The van der Waals surface area contributed by atoms with E-state index in [1.54, 1.807) is 39.7 Å². The van der Waals surface area contributed by atoms with Gasteiger partial charge in [0.1, 0.15) is 6.07 Å². The molecule has 0 spiro atoms. The second kappa shape index (κ2) is 9.37. The highest BCUT2D eigenvalue weighted by Gasteiger charge is 2.35. The van der Waals surface area contributed by atoms with E-state index < -0.39 is 5.41 Å². The number of rotatable bonds is 4. The molecule has 8 aromatic rings. The molecule has 0 atom stereocenters. The predicted molar refractivity (Wildman–Crippen MR) is 176 cm³/mol. The minimum atomic E-state index is -0.816. The molecule has 0 radical (unpaired) electrons. The van der Waals surface area contributed by atoms with Crippen molar-refractivity contribution in [1.82, 2.24) is 19.6 Å². The number of thiophene rings is 2. The number of fused-ring (bicyclic) bond motifs is 6. The van der Waals surface area contributed by atoms with Gasteiger partial charge in [0.05, 0.1) is 44.3 Å². The van der Waals surface area contributed by atoms with E-state index in [0.29, 0.717) is 22.6 Å². The lowest BCUT2D eigenvalue weighted by atomic mass is 9.83. The summed E-state index contributed by atoms with van der Waals surface area (Å²) in [5.74, 6) is 0. The van der Waals surface area contributed by atoms with Gasteiger partial charge in [0, 0.05) is 48.8 Å². The molecule has 6 nitrogen and oxygen atoms in total. The smallest absolute Gasteiger partial charge is 0.228 e. The minimum Gasteiger partial charge on any atom is -0.251 e. The molecule has 4 aromatic heterocycles. The zero-order valence-electron chi connectivity index (χ0n) is 23.2. The van der Waals surface area contributed by atoms with Crippen LogP contribution >= 0.6 is 22.7 Å². The van der Waals surface area contributed by atoms with Crippen molar-refractivity contribution in [2.75, 3.05) is 0 Å². The van der Waals surface area contributed by atoms with E-state index in [-0.39, 0.29) is 0 Å². The van der Waals surface area contributed by atoms with Crippen LogP contribution in [0.1, 0.15) is 30.8 Å². The Labute approximate surface area is 255 Å². The molecule has 4 aromatic carbocycles. The van der Waals surface area contributed by atoms with E-state index in [2.05, 4.69) is 71.6 Å². The molecular formula is C35H22N6S2. The molecule has 0 aliphatic rings. The van der Waals surface area contributed by atoms with Gasteiger partial charge in [0.2, 0.25) is 5.69 Å². The largest absolute Gasteiger partial charge is 0.251 e. The van der Waals surface area contributed by atoms with Crippen molar-refractivity contribution in [2.45, 2.75) is 19.3 Å². The van der Waals surface area contributed by atoms with Gasteiger partial charge >= 0.3 is 0 Å². The molecule has 0 aliphatic carbocycles. The first-order chi connectivity index (χ1) is 21.0. The molecule has 43 heavy (non-hydrogen) atoms. The zero-order valence-corrected chi connectivity index (χ0v) is 24.9. The lowest BCUT2D eigenvalue weighted by Crippen LogP contribution is -2.22. The van der Waals surface area contributed by atoms with Gasteiger partial charge in [-0.2, -0.15) is 15.5 Å². The number of benzene rings is 4. The Balaban J connectivity index is 1.27. The summed E-state index contributed by atoms with van der Waals surface area (Å²) < 4.78 is 8.26. The fourth-order valence-electron chi connectivity index (χ4n) is 5.99. The fraction of sp³-hybridized carbons (Fsp3) is 0.0857. The molecular weight excluding hydrogens is 569 g/mol. The first kappa shape index (κ1) is 25.4. The molecule has 0 unspecified atom stereocenters. The molecule has 0 amide bonds. The maximum atomic E-state index is 10.2. The summed E-state index contributed by atoms with van der Waals surface area (Å²) in [6.07, 6.45) is 3.59. The molecule has 4 heterocycles. The van der Waals surface area contributed by atoms with Gasteiger partial charge in [0.25, 0.3) is 0 Å². The Bertz CT molecular complexity index is 2300. The van der Waals surface area contributed by atoms with E-state index in [4.69, 9.17) is 16.8 Å². The van der Waals surface area contributed by atoms with Crippen LogP contribution in [0.2, 0.25) is 0 Å². The summed E-state index contributed by atoms with van der Waals surface area (Å²) >= 11 is 3.44. The molecule has 0 bridgehead atoms. The van der Waals surface area contributed by atoms with Crippen molar-refractivity contribution in [3.05, 3.63) is 126 Å². The van der Waals surface area contributed by atoms with Crippen LogP contribution in [-0.2, 0) is 5.41 Å². The van der Waals surface area contributed by atoms with Crippen LogP contribution in [0.3, 0.4) is 0 Å². The third-order valence-electron chi connectivity index (χ3n) is 8.09. The Morgan fingerprint density at radius 3 is 1.77 bits per heavy atom. The summed E-state index contributed by atoms with van der Waals surface area (Å²) in [5, 5.41) is 25.0. The number of hydrogen-bond donors (Lipinski definition) is 0. The molecule has 0 fully saturated rings. The van der Waals surface area contributed by atoms with E-state index >= 15 is 0 Å². The molecule has 0 saturated heterocycles. The van der Waals surface area contributed by atoms with Gasteiger partial charge in [-0.3, -0.25) is 4.68 Å². The lowest BCUT2D eigenvalue weighted by molar-refractivity contribution is 0.578. The van der Waals surface area contributed by atoms with Crippen molar-refractivity contribution in [3.8, 4) is 17.4 Å². The highest BCUT2D eigenvalue weighted by Crippen LogP contribution is 2.42. The topological polar surface area (TPSA) is 63.8 Å². The van der Waals surface area contributed by atoms with E-state index in [1.165, 1.54) is 25.6 Å².